The Morgan fingerprint density at radius 1 is 1.13 bits per heavy atom. The molecule has 0 aliphatic carbocycles. The Balaban J connectivity index is 1.62. The SMILES string of the molecule is C#CCN1CC(=O)N2[C@@H](CC(C)CC)C(=O)N(CCc3ccc(F)cc3)C[C@@H]2N1C(=O)NCc1ccccc1. The van der Waals surface area contributed by atoms with Crippen molar-refractivity contribution < 1.29 is 18.8 Å². The van der Waals surface area contributed by atoms with E-state index in [2.05, 4.69) is 25.1 Å². The van der Waals surface area contributed by atoms with Gasteiger partial charge in [0.15, 0.2) is 0 Å². The summed E-state index contributed by atoms with van der Waals surface area (Å²) in [5, 5.41) is 6.06. The van der Waals surface area contributed by atoms with Gasteiger partial charge in [-0.3, -0.25) is 9.59 Å². The van der Waals surface area contributed by atoms with E-state index >= 15 is 0 Å². The highest BCUT2D eigenvalue weighted by molar-refractivity contribution is 5.91. The molecule has 2 aliphatic rings. The van der Waals surface area contributed by atoms with Crippen LogP contribution in [-0.2, 0) is 22.6 Å². The number of nitrogens with zero attached hydrogens (tertiary/aromatic N) is 4. The lowest BCUT2D eigenvalue weighted by atomic mass is 9.94. The van der Waals surface area contributed by atoms with Gasteiger partial charge < -0.3 is 15.1 Å². The van der Waals surface area contributed by atoms with E-state index in [1.54, 1.807) is 26.9 Å². The molecular formula is C30H36FN5O3. The lowest BCUT2D eigenvalue weighted by molar-refractivity contribution is -0.189. The van der Waals surface area contributed by atoms with Crippen molar-refractivity contribution in [3.05, 3.63) is 71.5 Å². The summed E-state index contributed by atoms with van der Waals surface area (Å²) in [7, 11) is 0. The normalized spacial score (nSPS) is 20.4. The van der Waals surface area contributed by atoms with Crippen LogP contribution in [0.15, 0.2) is 54.6 Å². The van der Waals surface area contributed by atoms with Crippen molar-refractivity contribution in [2.45, 2.75) is 51.9 Å². The van der Waals surface area contributed by atoms with Gasteiger partial charge in [0.2, 0.25) is 11.8 Å². The van der Waals surface area contributed by atoms with Gasteiger partial charge in [-0.15, -0.1) is 6.42 Å². The van der Waals surface area contributed by atoms with Gasteiger partial charge in [0.1, 0.15) is 18.0 Å². The monoisotopic (exact) mass is 533 g/mol. The largest absolute Gasteiger partial charge is 0.337 e. The van der Waals surface area contributed by atoms with Gasteiger partial charge in [-0.25, -0.2) is 14.2 Å². The fourth-order valence-corrected chi connectivity index (χ4v) is 5.18. The van der Waals surface area contributed by atoms with Crippen LogP contribution in [0, 0.1) is 24.1 Å². The standard InChI is InChI=1S/C30H36FN5O3/c1-4-16-34-21-28(37)35-26(18-22(3)5-2)29(38)33(17-15-23-11-13-25(31)14-12-23)20-27(35)36(34)30(39)32-19-24-9-7-6-8-10-24/h1,6-14,22,26-27H,5,15-21H2,2-3H3,(H,32,39)/t22?,26-,27-/m0/s1. The van der Waals surface area contributed by atoms with Crippen molar-refractivity contribution in [3.8, 4) is 12.3 Å². The molecule has 0 radical (unpaired) electrons. The van der Waals surface area contributed by atoms with E-state index in [4.69, 9.17) is 6.42 Å². The van der Waals surface area contributed by atoms with Gasteiger partial charge in [-0.1, -0.05) is 68.7 Å². The summed E-state index contributed by atoms with van der Waals surface area (Å²) >= 11 is 0. The van der Waals surface area contributed by atoms with E-state index in [0.717, 1.165) is 17.5 Å². The molecule has 3 atom stereocenters. The third-order valence-corrected chi connectivity index (χ3v) is 7.50. The number of urea groups is 1. The molecule has 2 aliphatic heterocycles. The lowest BCUT2D eigenvalue weighted by Crippen LogP contribution is -2.76. The van der Waals surface area contributed by atoms with Crippen LogP contribution in [0.1, 0.15) is 37.8 Å². The third-order valence-electron chi connectivity index (χ3n) is 7.50. The number of nitrogens with one attached hydrogen (secondary N) is 1. The molecule has 1 N–H and O–H groups in total. The predicted molar refractivity (Wildman–Crippen MR) is 146 cm³/mol. The number of carbonyl (C=O) groups is 3. The fourth-order valence-electron chi connectivity index (χ4n) is 5.18. The van der Waals surface area contributed by atoms with Gasteiger partial charge in [-0.05, 0) is 42.0 Å². The van der Waals surface area contributed by atoms with Crippen LogP contribution in [-0.4, -0.2) is 76.0 Å². The molecule has 4 rings (SSSR count). The van der Waals surface area contributed by atoms with Gasteiger partial charge in [0, 0.05) is 13.1 Å². The number of hydrazine groups is 1. The van der Waals surface area contributed by atoms with E-state index in [1.807, 2.05) is 30.3 Å². The summed E-state index contributed by atoms with van der Waals surface area (Å²) in [6, 6.07) is 14.7. The number of halogens is 1. The molecule has 0 spiro atoms. The summed E-state index contributed by atoms with van der Waals surface area (Å²) in [5.74, 6) is 2.10. The Labute approximate surface area is 229 Å². The number of fused-ring (bicyclic) bond motifs is 1. The van der Waals surface area contributed by atoms with Crippen LogP contribution in [0.4, 0.5) is 9.18 Å². The Morgan fingerprint density at radius 2 is 1.85 bits per heavy atom. The first-order valence-electron chi connectivity index (χ1n) is 13.5. The molecule has 39 heavy (non-hydrogen) atoms. The smallest absolute Gasteiger partial charge is 0.334 e. The molecule has 0 aromatic heterocycles. The van der Waals surface area contributed by atoms with Crippen molar-refractivity contribution in [2.24, 2.45) is 5.92 Å². The van der Waals surface area contributed by atoms with Crippen LogP contribution in [0.5, 0.6) is 0 Å². The van der Waals surface area contributed by atoms with Crippen LogP contribution >= 0.6 is 0 Å². The van der Waals surface area contributed by atoms with Crippen LogP contribution in [0.2, 0.25) is 0 Å². The van der Waals surface area contributed by atoms with Crippen molar-refractivity contribution in [2.75, 3.05) is 26.2 Å². The average molecular weight is 534 g/mol. The minimum Gasteiger partial charge on any atom is -0.337 e. The highest BCUT2D eigenvalue weighted by Gasteiger charge is 2.51. The molecule has 206 valence electrons. The molecule has 2 aromatic rings. The fraction of sp³-hybridized carbons (Fsp3) is 0.433. The molecule has 1 unspecified atom stereocenters. The number of carbonyl (C=O) groups excluding carboxylic acids is 3. The second-order valence-electron chi connectivity index (χ2n) is 10.2. The summed E-state index contributed by atoms with van der Waals surface area (Å²) in [6.07, 6.45) is 6.80. The van der Waals surface area contributed by atoms with Crippen molar-refractivity contribution >= 4 is 17.8 Å². The molecule has 0 saturated carbocycles. The summed E-state index contributed by atoms with van der Waals surface area (Å²) < 4.78 is 13.4. The van der Waals surface area contributed by atoms with E-state index in [9.17, 15) is 18.8 Å². The van der Waals surface area contributed by atoms with Crippen LogP contribution in [0.25, 0.3) is 0 Å². The molecule has 2 aromatic carbocycles. The minimum absolute atomic E-state index is 0.0778. The first kappa shape index (κ1) is 28.1. The first-order chi connectivity index (χ1) is 18.8. The second-order valence-corrected chi connectivity index (χ2v) is 10.2. The van der Waals surface area contributed by atoms with E-state index in [1.165, 1.54) is 17.1 Å². The Bertz CT molecular complexity index is 1200. The summed E-state index contributed by atoms with van der Waals surface area (Å²) in [6.45, 7) is 4.95. The maximum Gasteiger partial charge on any atom is 0.334 e. The predicted octanol–water partition coefficient (Wildman–Crippen LogP) is 3.25. The average Bonchev–Trinajstić information content (AvgIpc) is 2.93. The van der Waals surface area contributed by atoms with Crippen LogP contribution in [0.3, 0.4) is 0 Å². The van der Waals surface area contributed by atoms with Crippen molar-refractivity contribution in [1.82, 2.24) is 25.1 Å². The maximum absolute atomic E-state index is 13.8. The summed E-state index contributed by atoms with van der Waals surface area (Å²) in [5.41, 5.74) is 1.84. The number of rotatable bonds is 9. The molecule has 2 saturated heterocycles. The highest BCUT2D eigenvalue weighted by atomic mass is 19.1. The molecule has 0 bridgehead atoms. The molecule has 2 fully saturated rings. The number of benzene rings is 2. The molecular weight excluding hydrogens is 497 g/mol. The van der Waals surface area contributed by atoms with E-state index in [0.29, 0.717) is 25.9 Å². The number of hydrogen-bond donors (Lipinski definition) is 1. The highest BCUT2D eigenvalue weighted by Crippen LogP contribution is 2.30. The van der Waals surface area contributed by atoms with Gasteiger partial charge in [-0.2, -0.15) is 5.01 Å². The number of hydrogen-bond acceptors (Lipinski definition) is 4. The molecule has 8 nitrogen and oxygen atoms in total. The Hall–Kier alpha value is -3.90. The number of terminal acetylenes is 1. The molecule has 4 amide bonds. The van der Waals surface area contributed by atoms with Crippen molar-refractivity contribution in [3.63, 3.8) is 0 Å². The number of piperazine rings is 1. The topological polar surface area (TPSA) is 76.2 Å². The van der Waals surface area contributed by atoms with Crippen molar-refractivity contribution in [1.29, 1.82) is 0 Å². The molecule has 9 heteroatoms. The Morgan fingerprint density at radius 3 is 2.51 bits per heavy atom. The Kier molecular flexibility index (Phi) is 9.20. The number of amides is 4. The van der Waals surface area contributed by atoms with E-state index in [-0.39, 0.29) is 49.2 Å². The first-order valence-corrected chi connectivity index (χ1v) is 13.5. The third kappa shape index (κ3) is 6.58. The van der Waals surface area contributed by atoms with Gasteiger partial charge in [0.05, 0.1) is 19.6 Å². The zero-order valence-corrected chi connectivity index (χ0v) is 22.6. The minimum atomic E-state index is -0.699. The van der Waals surface area contributed by atoms with Gasteiger partial charge >= 0.3 is 6.03 Å². The lowest BCUT2D eigenvalue weighted by Gasteiger charge is -2.55. The quantitative estimate of drug-likeness (QED) is 0.502. The zero-order chi connectivity index (χ0) is 27.9. The van der Waals surface area contributed by atoms with Crippen LogP contribution < -0.4 is 5.32 Å². The molecule has 2 heterocycles. The maximum atomic E-state index is 13.8. The van der Waals surface area contributed by atoms with Gasteiger partial charge in [0.25, 0.3) is 0 Å². The summed E-state index contributed by atoms with van der Waals surface area (Å²) in [4.78, 5) is 44.2. The second kappa shape index (κ2) is 12.8. The van der Waals surface area contributed by atoms with E-state index < -0.39 is 12.2 Å². The zero-order valence-electron chi connectivity index (χ0n) is 22.6.